The molecule has 0 aliphatic carbocycles. The molecule has 0 aromatic carbocycles. The molecule has 4 nitrogen and oxygen atoms in total. The summed E-state index contributed by atoms with van der Waals surface area (Å²) in [4.78, 5) is 0. The van der Waals surface area contributed by atoms with Crippen molar-refractivity contribution in [1.29, 1.82) is 0 Å². The van der Waals surface area contributed by atoms with Crippen LogP contribution in [0.25, 0.3) is 0 Å². The van der Waals surface area contributed by atoms with Crippen molar-refractivity contribution >= 4 is 0 Å². The van der Waals surface area contributed by atoms with E-state index in [1.807, 2.05) is 0 Å². The van der Waals surface area contributed by atoms with Gasteiger partial charge in [0, 0.05) is 20.3 Å². The topological polar surface area (TPSA) is 61.7 Å². The molecule has 0 amide bonds. The number of nitrogens with one attached hydrogen (secondary N) is 1. The molecule has 11 heavy (non-hydrogen) atoms. The largest absolute Gasteiger partial charge is 0.396 e. The third-order valence-corrected chi connectivity index (χ3v) is 1.25. The standard InChI is InChI=1S/C7H17NO3/c1-11-6-7(10)5-8-3-2-4-9/h7-10H,2-6H2,1H3. The molecule has 0 rings (SSSR count). The van der Waals surface area contributed by atoms with Crippen LogP contribution in [0.1, 0.15) is 6.42 Å². The molecule has 68 valence electrons. The highest BCUT2D eigenvalue weighted by atomic mass is 16.5. The molecule has 0 saturated carbocycles. The molecule has 0 saturated heterocycles. The Balaban J connectivity index is 2.97. The Morgan fingerprint density at radius 2 is 2.27 bits per heavy atom. The van der Waals surface area contributed by atoms with E-state index < -0.39 is 6.10 Å². The lowest BCUT2D eigenvalue weighted by Crippen LogP contribution is -2.30. The van der Waals surface area contributed by atoms with Crippen molar-refractivity contribution in [1.82, 2.24) is 5.32 Å². The Kier molecular flexibility index (Phi) is 7.83. The first-order valence-corrected chi connectivity index (χ1v) is 3.79. The van der Waals surface area contributed by atoms with Crippen molar-refractivity contribution in [3.05, 3.63) is 0 Å². The normalized spacial score (nSPS) is 13.4. The zero-order valence-electron chi connectivity index (χ0n) is 6.92. The van der Waals surface area contributed by atoms with Crippen molar-refractivity contribution in [2.45, 2.75) is 12.5 Å². The van der Waals surface area contributed by atoms with Gasteiger partial charge in [-0.25, -0.2) is 0 Å². The Morgan fingerprint density at radius 3 is 2.82 bits per heavy atom. The van der Waals surface area contributed by atoms with Gasteiger partial charge < -0.3 is 20.3 Å². The van der Waals surface area contributed by atoms with Crippen molar-refractivity contribution in [3.63, 3.8) is 0 Å². The summed E-state index contributed by atoms with van der Waals surface area (Å²) in [6.07, 6.45) is 0.276. The van der Waals surface area contributed by atoms with Crippen LogP contribution in [0.2, 0.25) is 0 Å². The van der Waals surface area contributed by atoms with Gasteiger partial charge in [0.1, 0.15) is 0 Å². The fourth-order valence-electron chi connectivity index (χ4n) is 0.724. The molecule has 0 heterocycles. The van der Waals surface area contributed by atoms with Crippen LogP contribution in [0.4, 0.5) is 0 Å². The molecule has 0 aliphatic heterocycles. The lowest BCUT2D eigenvalue weighted by molar-refractivity contribution is 0.0644. The van der Waals surface area contributed by atoms with Crippen LogP contribution >= 0.6 is 0 Å². The SMILES string of the molecule is COCC(O)CNCCCO. The second-order valence-electron chi connectivity index (χ2n) is 2.39. The van der Waals surface area contributed by atoms with E-state index in [-0.39, 0.29) is 6.61 Å². The summed E-state index contributed by atoms with van der Waals surface area (Å²) in [6, 6.07) is 0. The molecule has 0 spiro atoms. The first-order valence-electron chi connectivity index (χ1n) is 3.79. The minimum atomic E-state index is -0.446. The van der Waals surface area contributed by atoms with Crippen molar-refractivity contribution < 1.29 is 14.9 Å². The minimum Gasteiger partial charge on any atom is -0.396 e. The Labute approximate surface area is 67.2 Å². The van der Waals surface area contributed by atoms with Gasteiger partial charge in [0.25, 0.3) is 0 Å². The zero-order chi connectivity index (χ0) is 8.53. The predicted octanol–water partition coefficient (Wildman–Crippen LogP) is -1.03. The number of hydrogen-bond acceptors (Lipinski definition) is 4. The van der Waals surface area contributed by atoms with E-state index >= 15 is 0 Å². The molecule has 4 heteroatoms. The molecule has 0 aromatic heterocycles. The van der Waals surface area contributed by atoms with Crippen LogP contribution in [0.3, 0.4) is 0 Å². The maximum Gasteiger partial charge on any atom is 0.0897 e. The van der Waals surface area contributed by atoms with Gasteiger partial charge in [0.15, 0.2) is 0 Å². The molecule has 0 aromatic rings. The minimum absolute atomic E-state index is 0.188. The van der Waals surface area contributed by atoms with E-state index in [9.17, 15) is 0 Å². The fourth-order valence-corrected chi connectivity index (χ4v) is 0.724. The second kappa shape index (κ2) is 7.94. The Bertz CT molecular complexity index is 80.1. The highest BCUT2D eigenvalue weighted by Crippen LogP contribution is 1.81. The maximum atomic E-state index is 9.10. The lowest BCUT2D eigenvalue weighted by atomic mass is 10.3. The monoisotopic (exact) mass is 163 g/mol. The van der Waals surface area contributed by atoms with E-state index in [0.717, 1.165) is 13.0 Å². The average Bonchev–Trinajstić information content (AvgIpc) is 1.99. The number of methoxy groups -OCH3 is 1. The quantitative estimate of drug-likeness (QED) is 0.420. The van der Waals surface area contributed by atoms with E-state index in [1.54, 1.807) is 7.11 Å². The lowest BCUT2D eigenvalue weighted by Gasteiger charge is -2.09. The van der Waals surface area contributed by atoms with Crippen LogP contribution < -0.4 is 5.32 Å². The summed E-state index contributed by atoms with van der Waals surface area (Å²) in [5, 5.41) is 20.5. The van der Waals surface area contributed by atoms with Gasteiger partial charge in [-0.05, 0) is 13.0 Å². The summed E-state index contributed by atoms with van der Waals surface area (Å²) >= 11 is 0. The molecule has 0 bridgehead atoms. The van der Waals surface area contributed by atoms with Crippen molar-refractivity contribution in [3.8, 4) is 0 Å². The summed E-state index contributed by atoms with van der Waals surface area (Å²) in [6.45, 7) is 1.80. The van der Waals surface area contributed by atoms with Gasteiger partial charge in [-0.2, -0.15) is 0 Å². The first-order chi connectivity index (χ1) is 5.31. The molecule has 0 aliphatic rings. The summed E-state index contributed by atoms with van der Waals surface area (Å²) in [5.74, 6) is 0. The van der Waals surface area contributed by atoms with E-state index in [2.05, 4.69) is 5.32 Å². The predicted molar refractivity (Wildman–Crippen MR) is 42.5 cm³/mol. The average molecular weight is 163 g/mol. The highest BCUT2D eigenvalue weighted by molar-refractivity contribution is 4.57. The van der Waals surface area contributed by atoms with Crippen molar-refractivity contribution in [2.75, 3.05) is 33.4 Å². The maximum absolute atomic E-state index is 9.10. The van der Waals surface area contributed by atoms with Crippen LogP contribution in [0, 0.1) is 0 Å². The summed E-state index contributed by atoms with van der Waals surface area (Å²) in [5.41, 5.74) is 0. The third-order valence-electron chi connectivity index (χ3n) is 1.25. The van der Waals surface area contributed by atoms with Gasteiger partial charge in [-0.15, -0.1) is 0 Å². The van der Waals surface area contributed by atoms with Gasteiger partial charge in [0.2, 0.25) is 0 Å². The Morgan fingerprint density at radius 1 is 1.55 bits per heavy atom. The van der Waals surface area contributed by atoms with E-state index in [1.165, 1.54) is 0 Å². The van der Waals surface area contributed by atoms with E-state index in [4.69, 9.17) is 14.9 Å². The number of aliphatic hydroxyl groups excluding tert-OH is 2. The highest BCUT2D eigenvalue weighted by Gasteiger charge is 2.00. The van der Waals surface area contributed by atoms with Gasteiger partial charge in [0.05, 0.1) is 12.7 Å². The molecule has 1 unspecified atom stereocenters. The van der Waals surface area contributed by atoms with Crippen molar-refractivity contribution in [2.24, 2.45) is 0 Å². The smallest absolute Gasteiger partial charge is 0.0897 e. The molecule has 0 fully saturated rings. The van der Waals surface area contributed by atoms with Crippen LogP contribution in [-0.2, 0) is 4.74 Å². The fraction of sp³-hybridized carbons (Fsp3) is 1.00. The van der Waals surface area contributed by atoms with Crippen LogP contribution in [0.5, 0.6) is 0 Å². The summed E-state index contributed by atoms with van der Waals surface area (Å²) < 4.78 is 4.72. The molecule has 0 radical (unpaired) electrons. The first kappa shape index (κ1) is 10.8. The Hall–Kier alpha value is -0.160. The van der Waals surface area contributed by atoms with Gasteiger partial charge in [-0.1, -0.05) is 0 Å². The zero-order valence-corrected chi connectivity index (χ0v) is 6.92. The number of ether oxygens (including phenoxy) is 1. The molecule has 1 atom stereocenters. The molecular formula is C7H17NO3. The summed E-state index contributed by atoms with van der Waals surface area (Å²) in [7, 11) is 1.55. The van der Waals surface area contributed by atoms with Crippen LogP contribution in [0.15, 0.2) is 0 Å². The number of rotatable bonds is 7. The molecular weight excluding hydrogens is 146 g/mol. The number of hydrogen-bond donors (Lipinski definition) is 3. The van der Waals surface area contributed by atoms with Crippen LogP contribution in [-0.4, -0.2) is 49.7 Å². The second-order valence-corrected chi connectivity index (χ2v) is 2.39. The van der Waals surface area contributed by atoms with E-state index in [0.29, 0.717) is 13.2 Å². The number of aliphatic hydroxyl groups is 2. The molecule has 3 N–H and O–H groups in total. The van der Waals surface area contributed by atoms with Gasteiger partial charge >= 0.3 is 0 Å². The van der Waals surface area contributed by atoms with Gasteiger partial charge in [-0.3, -0.25) is 0 Å². The third kappa shape index (κ3) is 7.74.